The summed E-state index contributed by atoms with van der Waals surface area (Å²) in [6.45, 7) is 0.242. The zero-order valence-corrected chi connectivity index (χ0v) is 19.7. The summed E-state index contributed by atoms with van der Waals surface area (Å²) in [6.07, 6.45) is 0. The topological polar surface area (TPSA) is 79.0 Å². The van der Waals surface area contributed by atoms with E-state index in [1.807, 2.05) is 60.5 Å². The fourth-order valence-electron chi connectivity index (χ4n) is 6.63. The van der Waals surface area contributed by atoms with E-state index in [2.05, 4.69) is 5.32 Å². The molecule has 3 aliphatic rings. The Kier molecular flexibility index (Phi) is 4.47. The number of methoxy groups -OCH3 is 1. The third kappa shape index (κ3) is 2.41. The Bertz CT molecular complexity index is 1420. The molecule has 3 atom stereocenters. The fourth-order valence-corrected chi connectivity index (χ4v) is 6.63. The second-order valence-electron chi connectivity index (χ2n) is 9.43. The maximum atomic E-state index is 14.3. The van der Waals surface area contributed by atoms with Crippen LogP contribution in [0.5, 0.6) is 5.75 Å². The summed E-state index contributed by atoms with van der Waals surface area (Å²) in [4.78, 5) is 46.2. The minimum absolute atomic E-state index is 0.195. The number of carbonyl (C=O) groups is 3. The molecule has 0 saturated carbocycles. The molecule has 1 N–H and O–H groups in total. The second kappa shape index (κ2) is 7.26. The van der Waals surface area contributed by atoms with Gasteiger partial charge in [0.2, 0.25) is 5.91 Å². The smallest absolute Gasteiger partial charge is 0.253 e. The van der Waals surface area contributed by atoms with E-state index in [9.17, 15) is 14.4 Å². The minimum Gasteiger partial charge on any atom is -0.497 e. The predicted octanol–water partition coefficient (Wildman–Crippen LogP) is 3.20. The number of amides is 2. The number of nitrogens with one attached hydrogen (secondary N) is 1. The molecule has 0 aromatic heterocycles. The molecule has 0 radical (unpaired) electrons. The molecule has 176 valence electrons. The van der Waals surface area contributed by atoms with E-state index in [-0.39, 0.29) is 24.1 Å². The molecule has 3 aromatic rings. The molecule has 3 aliphatic heterocycles. The maximum Gasteiger partial charge on any atom is 0.253 e. The predicted molar refractivity (Wildman–Crippen MR) is 132 cm³/mol. The van der Waals surface area contributed by atoms with E-state index < -0.39 is 16.9 Å². The van der Waals surface area contributed by atoms with E-state index in [4.69, 9.17) is 4.74 Å². The van der Waals surface area contributed by atoms with Crippen LogP contribution in [0, 0.1) is 5.92 Å². The van der Waals surface area contributed by atoms with Gasteiger partial charge in [-0.05, 0) is 36.9 Å². The van der Waals surface area contributed by atoms with Crippen LogP contribution in [0.4, 0.5) is 11.4 Å². The molecule has 7 heteroatoms. The average molecular weight is 468 g/mol. The van der Waals surface area contributed by atoms with E-state index in [1.54, 1.807) is 43.3 Å². The van der Waals surface area contributed by atoms with Gasteiger partial charge in [0.25, 0.3) is 5.91 Å². The highest BCUT2D eigenvalue weighted by atomic mass is 16.5. The van der Waals surface area contributed by atoms with E-state index in [1.165, 1.54) is 0 Å². The Morgan fingerprint density at radius 1 is 0.971 bits per heavy atom. The number of anilines is 2. The number of benzene rings is 3. The van der Waals surface area contributed by atoms with Gasteiger partial charge in [0, 0.05) is 36.1 Å². The van der Waals surface area contributed by atoms with Crippen molar-refractivity contribution in [2.24, 2.45) is 5.92 Å². The number of para-hydroxylation sites is 2. The van der Waals surface area contributed by atoms with Crippen LogP contribution in [-0.2, 0) is 20.5 Å². The zero-order valence-electron chi connectivity index (χ0n) is 19.7. The van der Waals surface area contributed by atoms with Gasteiger partial charge in [-0.2, -0.15) is 0 Å². The number of carbonyl (C=O) groups excluding carboxylic acids is 3. The molecule has 3 heterocycles. The molecule has 1 fully saturated rings. The Balaban J connectivity index is 1.68. The van der Waals surface area contributed by atoms with Crippen LogP contribution in [0.3, 0.4) is 0 Å². The lowest BCUT2D eigenvalue weighted by Gasteiger charge is -2.43. The zero-order chi connectivity index (χ0) is 24.5. The number of fused-ring (bicyclic) bond motifs is 5. The van der Waals surface area contributed by atoms with Crippen LogP contribution in [0.2, 0.25) is 0 Å². The number of ether oxygens (including phenoxy) is 1. The normalized spacial score (nSPS) is 26.8. The standard InChI is InChI=1S/C28H25N3O4/c1-30-16-21(24(32)17-9-8-10-18(15-17)35-3)27(19-11-4-6-13-22(19)29-25(27)33)28(30)20-12-5-7-14-23(20)31(2)26(28)34/h4-15,21H,16H2,1-3H3,(H,29,33)/t21-,27+,28+/m0/s1. The van der Waals surface area contributed by atoms with Crippen molar-refractivity contribution in [3.63, 3.8) is 0 Å². The van der Waals surface area contributed by atoms with Crippen LogP contribution >= 0.6 is 0 Å². The van der Waals surface area contributed by atoms with Gasteiger partial charge in [0.15, 0.2) is 5.78 Å². The summed E-state index contributed by atoms with van der Waals surface area (Å²) in [5, 5.41) is 3.01. The molecule has 0 unspecified atom stereocenters. The first-order valence-corrected chi connectivity index (χ1v) is 11.6. The van der Waals surface area contributed by atoms with Crippen molar-refractivity contribution in [2.45, 2.75) is 11.0 Å². The number of nitrogens with zero attached hydrogens (tertiary/aromatic N) is 2. The number of Topliss-reactive ketones (excluding diaryl/α,β-unsaturated/α-hetero) is 1. The van der Waals surface area contributed by atoms with Crippen LogP contribution in [0.1, 0.15) is 21.5 Å². The van der Waals surface area contributed by atoms with Gasteiger partial charge >= 0.3 is 0 Å². The van der Waals surface area contributed by atoms with Gasteiger partial charge in [0.05, 0.1) is 13.0 Å². The molecule has 35 heavy (non-hydrogen) atoms. The van der Waals surface area contributed by atoms with Gasteiger partial charge < -0.3 is 15.0 Å². The lowest BCUT2D eigenvalue weighted by atomic mass is 9.58. The van der Waals surface area contributed by atoms with E-state index in [0.717, 1.165) is 11.3 Å². The number of rotatable bonds is 3. The monoisotopic (exact) mass is 467 g/mol. The van der Waals surface area contributed by atoms with Crippen molar-refractivity contribution in [3.8, 4) is 5.75 Å². The fraction of sp³-hybridized carbons (Fsp3) is 0.250. The molecule has 2 spiro atoms. The SMILES string of the molecule is COc1cccc(C(=O)[C@@H]2CN(C)[C@]3(C(=O)N(C)c4ccccc43)[C@@]23C(=O)Nc2ccccc23)c1. The second-order valence-corrected chi connectivity index (χ2v) is 9.43. The lowest BCUT2D eigenvalue weighted by molar-refractivity contribution is -0.138. The Hall–Kier alpha value is -3.97. The summed E-state index contributed by atoms with van der Waals surface area (Å²) >= 11 is 0. The number of hydrogen-bond acceptors (Lipinski definition) is 5. The minimum atomic E-state index is -1.45. The number of likely N-dealkylation sites (tertiary alicyclic amines) is 1. The van der Waals surface area contributed by atoms with Gasteiger partial charge in [0.1, 0.15) is 16.7 Å². The van der Waals surface area contributed by atoms with Crippen molar-refractivity contribution in [2.75, 3.05) is 38.0 Å². The lowest BCUT2D eigenvalue weighted by Crippen LogP contribution is -2.62. The van der Waals surface area contributed by atoms with Crippen molar-refractivity contribution >= 4 is 29.0 Å². The van der Waals surface area contributed by atoms with Crippen molar-refractivity contribution < 1.29 is 19.1 Å². The number of ketones is 1. The first kappa shape index (κ1) is 21.6. The van der Waals surface area contributed by atoms with E-state index >= 15 is 0 Å². The highest BCUT2D eigenvalue weighted by Gasteiger charge is 2.78. The first-order chi connectivity index (χ1) is 16.9. The Labute approximate surface area is 203 Å². The molecule has 0 bridgehead atoms. The molecular weight excluding hydrogens is 442 g/mol. The first-order valence-electron chi connectivity index (χ1n) is 11.6. The molecule has 3 aromatic carbocycles. The van der Waals surface area contributed by atoms with E-state index in [0.29, 0.717) is 22.6 Å². The Morgan fingerprint density at radius 2 is 1.69 bits per heavy atom. The summed E-state index contributed by atoms with van der Waals surface area (Å²) in [5.41, 5.74) is 0.427. The summed E-state index contributed by atoms with van der Waals surface area (Å²) in [5.74, 6) is -0.980. The maximum absolute atomic E-state index is 14.3. The summed E-state index contributed by atoms with van der Waals surface area (Å²) in [6, 6.07) is 21.9. The highest BCUT2D eigenvalue weighted by molar-refractivity contribution is 6.21. The van der Waals surface area contributed by atoms with Crippen molar-refractivity contribution in [3.05, 3.63) is 89.5 Å². The molecule has 2 amide bonds. The molecule has 7 nitrogen and oxygen atoms in total. The van der Waals surface area contributed by atoms with Gasteiger partial charge in [-0.25, -0.2) is 0 Å². The van der Waals surface area contributed by atoms with Crippen LogP contribution in [0.25, 0.3) is 0 Å². The largest absolute Gasteiger partial charge is 0.497 e. The summed E-state index contributed by atoms with van der Waals surface area (Å²) < 4.78 is 5.35. The van der Waals surface area contributed by atoms with Gasteiger partial charge in [-0.3, -0.25) is 19.3 Å². The van der Waals surface area contributed by atoms with Gasteiger partial charge in [-0.15, -0.1) is 0 Å². The highest BCUT2D eigenvalue weighted by Crippen LogP contribution is 2.64. The molecule has 6 rings (SSSR count). The van der Waals surface area contributed by atoms with Gasteiger partial charge in [-0.1, -0.05) is 48.5 Å². The quantitative estimate of drug-likeness (QED) is 0.599. The third-order valence-electron chi connectivity index (χ3n) is 8.02. The summed E-state index contributed by atoms with van der Waals surface area (Å²) in [7, 11) is 5.12. The van der Waals surface area contributed by atoms with Crippen molar-refractivity contribution in [1.82, 2.24) is 4.90 Å². The van der Waals surface area contributed by atoms with Crippen LogP contribution < -0.4 is 15.0 Å². The Morgan fingerprint density at radius 3 is 2.46 bits per heavy atom. The van der Waals surface area contributed by atoms with Crippen molar-refractivity contribution in [1.29, 1.82) is 0 Å². The molecular formula is C28H25N3O4. The average Bonchev–Trinajstić information content (AvgIpc) is 3.43. The number of hydrogen-bond donors (Lipinski definition) is 1. The molecule has 1 saturated heterocycles. The number of likely N-dealkylation sites (N-methyl/N-ethyl adjacent to an activating group) is 2. The molecule has 0 aliphatic carbocycles. The third-order valence-corrected chi connectivity index (χ3v) is 8.02. The van der Waals surface area contributed by atoms with Crippen LogP contribution in [-0.4, -0.2) is 50.2 Å². The van der Waals surface area contributed by atoms with Crippen LogP contribution in [0.15, 0.2) is 72.8 Å².